The fraction of sp³-hybridized carbons (Fsp3) is 0.471. The summed E-state index contributed by atoms with van der Waals surface area (Å²) in [6.07, 6.45) is 2.46. The molecule has 0 bridgehead atoms. The summed E-state index contributed by atoms with van der Waals surface area (Å²) in [4.78, 5) is 35.3. The average molecular weight is 318 g/mol. The van der Waals surface area contributed by atoms with E-state index in [1.165, 1.54) is 0 Å². The van der Waals surface area contributed by atoms with Crippen molar-refractivity contribution >= 4 is 23.5 Å². The molecule has 6 heteroatoms. The van der Waals surface area contributed by atoms with Crippen molar-refractivity contribution in [2.75, 3.05) is 5.32 Å². The van der Waals surface area contributed by atoms with Crippen LogP contribution in [0.25, 0.3) is 0 Å². The molecule has 1 aromatic carbocycles. The lowest BCUT2D eigenvalue weighted by Crippen LogP contribution is -2.45. The smallest absolute Gasteiger partial charge is 0.326 e. The van der Waals surface area contributed by atoms with E-state index in [0.29, 0.717) is 17.7 Å². The van der Waals surface area contributed by atoms with E-state index in [2.05, 4.69) is 10.6 Å². The minimum absolute atomic E-state index is 0.0365. The van der Waals surface area contributed by atoms with Gasteiger partial charge in [-0.3, -0.25) is 9.59 Å². The number of carboxylic acids is 1. The molecule has 23 heavy (non-hydrogen) atoms. The van der Waals surface area contributed by atoms with Crippen LogP contribution in [0.1, 0.15) is 43.5 Å². The van der Waals surface area contributed by atoms with Gasteiger partial charge in [-0.25, -0.2) is 4.79 Å². The summed E-state index contributed by atoms with van der Waals surface area (Å²) in [5.41, 5.74) is 0.873. The van der Waals surface area contributed by atoms with Gasteiger partial charge in [-0.05, 0) is 37.0 Å². The molecule has 2 atom stereocenters. The molecule has 0 spiro atoms. The van der Waals surface area contributed by atoms with Crippen LogP contribution in [-0.4, -0.2) is 28.9 Å². The molecule has 2 rings (SSSR count). The largest absolute Gasteiger partial charge is 0.480 e. The third kappa shape index (κ3) is 4.55. The molecule has 1 aromatic rings. The van der Waals surface area contributed by atoms with E-state index in [9.17, 15) is 19.5 Å². The van der Waals surface area contributed by atoms with Crippen LogP contribution in [0, 0.1) is 11.8 Å². The Morgan fingerprint density at radius 3 is 2.57 bits per heavy atom. The van der Waals surface area contributed by atoms with E-state index < -0.39 is 17.9 Å². The van der Waals surface area contributed by atoms with E-state index in [1.54, 1.807) is 31.2 Å². The SMILES string of the molecule is CC[C@H](C)[C@H](NC(=O)c1cccc(NC(=O)C2CC2)c1)C(=O)O. The van der Waals surface area contributed by atoms with Crippen molar-refractivity contribution < 1.29 is 19.5 Å². The van der Waals surface area contributed by atoms with Crippen LogP contribution in [0.5, 0.6) is 0 Å². The Morgan fingerprint density at radius 1 is 1.30 bits per heavy atom. The number of aliphatic carboxylic acids is 1. The summed E-state index contributed by atoms with van der Waals surface area (Å²) >= 11 is 0. The Morgan fingerprint density at radius 2 is 2.00 bits per heavy atom. The number of rotatable bonds is 7. The van der Waals surface area contributed by atoms with Gasteiger partial charge in [-0.1, -0.05) is 26.3 Å². The van der Waals surface area contributed by atoms with Crippen molar-refractivity contribution in [3.05, 3.63) is 29.8 Å². The van der Waals surface area contributed by atoms with Gasteiger partial charge in [0.25, 0.3) is 5.91 Å². The lowest BCUT2D eigenvalue weighted by molar-refractivity contribution is -0.140. The molecular formula is C17H22N2O4. The highest BCUT2D eigenvalue weighted by Gasteiger charge is 2.30. The van der Waals surface area contributed by atoms with Crippen LogP contribution in [0.3, 0.4) is 0 Å². The minimum Gasteiger partial charge on any atom is -0.480 e. The summed E-state index contributed by atoms with van der Waals surface area (Å²) < 4.78 is 0. The Hall–Kier alpha value is -2.37. The van der Waals surface area contributed by atoms with Gasteiger partial charge in [0.15, 0.2) is 0 Å². The predicted molar refractivity (Wildman–Crippen MR) is 86.1 cm³/mol. The quantitative estimate of drug-likeness (QED) is 0.718. The molecule has 2 amide bonds. The van der Waals surface area contributed by atoms with Crippen LogP contribution >= 0.6 is 0 Å². The Labute approximate surface area is 135 Å². The van der Waals surface area contributed by atoms with Gasteiger partial charge in [-0.2, -0.15) is 0 Å². The zero-order valence-electron chi connectivity index (χ0n) is 13.3. The van der Waals surface area contributed by atoms with Crippen molar-refractivity contribution in [2.45, 2.75) is 39.2 Å². The molecule has 0 radical (unpaired) electrons. The standard InChI is InChI=1S/C17H22N2O4/c1-3-10(2)14(17(22)23)19-16(21)12-5-4-6-13(9-12)18-15(20)11-7-8-11/h4-6,9-11,14H,3,7-8H2,1-2H3,(H,18,20)(H,19,21)(H,22,23)/t10-,14-/m0/s1. The number of hydrogen-bond acceptors (Lipinski definition) is 3. The van der Waals surface area contributed by atoms with Gasteiger partial charge >= 0.3 is 5.97 Å². The van der Waals surface area contributed by atoms with Crippen LogP contribution in [0.4, 0.5) is 5.69 Å². The normalized spacial score (nSPS) is 16.3. The predicted octanol–water partition coefficient (Wildman–Crippen LogP) is 2.26. The van der Waals surface area contributed by atoms with Crippen LogP contribution < -0.4 is 10.6 Å². The highest BCUT2D eigenvalue weighted by Crippen LogP contribution is 2.30. The Kier molecular flexibility index (Phi) is 5.36. The topological polar surface area (TPSA) is 95.5 Å². The molecule has 0 aromatic heterocycles. The molecule has 1 aliphatic carbocycles. The number of benzene rings is 1. The van der Waals surface area contributed by atoms with E-state index in [4.69, 9.17) is 0 Å². The number of hydrogen-bond donors (Lipinski definition) is 3. The number of carboxylic acid groups (broad SMARTS) is 1. The first-order valence-electron chi connectivity index (χ1n) is 7.87. The first-order valence-corrected chi connectivity index (χ1v) is 7.87. The fourth-order valence-corrected chi connectivity index (χ4v) is 2.24. The van der Waals surface area contributed by atoms with Crippen molar-refractivity contribution in [2.24, 2.45) is 11.8 Å². The number of nitrogens with one attached hydrogen (secondary N) is 2. The second-order valence-electron chi connectivity index (χ2n) is 6.02. The summed E-state index contributed by atoms with van der Waals surface area (Å²) in [7, 11) is 0. The number of amides is 2. The minimum atomic E-state index is -1.05. The van der Waals surface area contributed by atoms with Crippen LogP contribution in [0.2, 0.25) is 0 Å². The molecule has 0 unspecified atom stereocenters. The Bertz CT molecular complexity index is 610. The molecule has 0 saturated heterocycles. The summed E-state index contributed by atoms with van der Waals surface area (Å²) in [6.45, 7) is 3.66. The van der Waals surface area contributed by atoms with Gasteiger partial charge in [0.05, 0.1) is 0 Å². The zero-order valence-corrected chi connectivity index (χ0v) is 13.3. The molecule has 1 aliphatic rings. The maximum Gasteiger partial charge on any atom is 0.326 e. The third-order valence-corrected chi connectivity index (χ3v) is 4.11. The van der Waals surface area contributed by atoms with E-state index in [0.717, 1.165) is 12.8 Å². The van der Waals surface area contributed by atoms with Crippen molar-refractivity contribution in [3.63, 3.8) is 0 Å². The van der Waals surface area contributed by atoms with Gasteiger partial charge in [0, 0.05) is 17.2 Å². The van der Waals surface area contributed by atoms with E-state index >= 15 is 0 Å². The van der Waals surface area contributed by atoms with Crippen LogP contribution in [-0.2, 0) is 9.59 Å². The van der Waals surface area contributed by atoms with Gasteiger partial charge in [0.2, 0.25) is 5.91 Å². The monoisotopic (exact) mass is 318 g/mol. The average Bonchev–Trinajstić information content (AvgIpc) is 3.36. The number of carbonyl (C=O) groups is 3. The third-order valence-electron chi connectivity index (χ3n) is 4.11. The molecule has 0 heterocycles. The molecule has 0 aliphatic heterocycles. The molecule has 124 valence electrons. The Balaban J connectivity index is 2.06. The molecule has 1 fully saturated rings. The first-order chi connectivity index (χ1) is 10.9. The highest BCUT2D eigenvalue weighted by molar-refractivity contribution is 5.99. The van der Waals surface area contributed by atoms with E-state index in [-0.39, 0.29) is 17.7 Å². The lowest BCUT2D eigenvalue weighted by atomic mass is 9.99. The number of carbonyl (C=O) groups excluding carboxylic acids is 2. The van der Waals surface area contributed by atoms with Gasteiger partial charge in [0.1, 0.15) is 6.04 Å². The lowest BCUT2D eigenvalue weighted by Gasteiger charge is -2.20. The summed E-state index contributed by atoms with van der Waals surface area (Å²) in [6, 6.07) is 5.59. The maximum absolute atomic E-state index is 12.3. The molecular weight excluding hydrogens is 296 g/mol. The summed E-state index contributed by atoms with van der Waals surface area (Å²) in [5, 5.41) is 14.6. The second kappa shape index (κ2) is 7.26. The van der Waals surface area contributed by atoms with Crippen molar-refractivity contribution in [1.82, 2.24) is 5.32 Å². The van der Waals surface area contributed by atoms with Crippen molar-refractivity contribution in [3.8, 4) is 0 Å². The fourth-order valence-electron chi connectivity index (χ4n) is 2.24. The molecule has 1 saturated carbocycles. The molecule has 6 nitrogen and oxygen atoms in total. The maximum atomic E-state index is 12.3. The van der Waals surface area contributed by atoms with Gasteiger partial charge < -0.3 is 15.7 Å². The first kappa shape index (κ1) is 17.0. The van der Waals surface area contributed by atoms with E-state index in [1.807, 2.05) is 6.92 Å². The van der Waals surface area contributed by atoms with Gasteiger partial charge in [-0.15, -0.1) is 0 Å². The van der Waals surface area contributed by atoms with Crippen LogP contribution in [0.15, 0.2) is 24.3 Å². The highest BCUT2D eigenvalue weighted by atomic mass is 16.4. The zero-order chi connectivity index (χ0) is 17.0. The summed E-state index contributed by atoms with van der Waals surface area (Å²) in [5.74, 6) is -1.64. The molecule has 3 N–H and O–H groups in total. The second-order valence-corrected chi connectivity index (χ2v) is 6.02. The van der Waals surface area contributed by atoms with Crippen molar-refractivity contribution in [1.29, 1.82) is 0 Å². The number of anilines is 1.